The maximum Gasteiger partial charge on any atom is 0.319 e. The van der Waals surface area contributed by atoms with Crippen LogP contribution in [-0.2, 0) is 0 Å². The van der Waals surface area contributed by atoms with E-state index in [1.165, 1.54) is 12.8 Å². The summed E-state index contributed by atoms with van der Waals surface area (Å²) in [5.41, 5.74) is 1.83. The maximum absolute atomic E-state index is 12.4. The number of hydrogen-bond acceptors (Lipinski definition) is 3. The monoisotopic (exact) mass is 317 g/mol. The fraction of sp³-hybridized carbons (Fsp3) is 0.611. The summed E-state index contributed by atoms with van der Waals surface area (Å²) in [7, 11) is 2.01. The zero-order valence-electron chi connectivity index (χ0n) is 14.0. The van der Waals surface area contributed by atoms with E-state index in [1.54, 1.807) is 0 Å². The molecule has 0 radical (unpaired) electrons. The molecule has 2 amide bonds. The van der Waals surface area contributed by atoms with Gasteiger partial charge in [-0.2, -0.15) is 0 Å². The Bertz CT molecular complexity index is 563. The summed E-state index contributed by atoms with van der Waals surface area (Å²) in [5, 5.41) is 15.7. The number of para-hydroxylation sites is 2. The second-order valence-corrected chi connectivity index (χ2v) is 6.84. The van der Waals surface area contributed by atoms with Gasteiger partial charge in [-0.15, -0.1) is 0 Å². The van der Waals surface area contributed by atoms with E-state index in [1.807, 2.05) is 31.3 Å². The van der Waals surface area contributed by atoms with E-state index in [4.69, 9.17) is 0 Å². The number of aliphatic hydroxyl groups excluding tert-OH is 1. The van der Waals surface area contributed by atoms with Crippen molar-refractivity contribution in [3.63, 3.8) is 0 Å². The van der Waals surface area contributed by atoms with Gasteiger partial charge in [0.15, 0.2) is 0 Å². The van der Waals surface area contributed by atoms with Gasteiger partial charge in [-0.3, -0.25) is 0 Å². The van der Waals surface area contributed by atoms with Crippen molar-refractivity contribution >= 4 is 17.4 Å². The number of fused-ring (bicyclic) bond motifs is 2. The fourth-order valence-electron chi connectivity index (χ4n) is 4.29. The molecule has 0 aliphatic heterocycles. The van der Waals surface area contributed by atoms with Gasteiger partial charge < -0.3 is 20.6 Å². The standard InChI is InChI=1S/C18H27N3O2/c1-3-21(2)16-7-5-4-6-15(16)19-18(23)20-17-13-9-8-12(10-13)14(17)11-22/h4-7,12-14,17,22H,3,8-11H2,1-2H3,(H2,19,20,23). The number of aliphatic hydroxyl groups is 1. The predicted molar refractivity (Wildman–Crippen MR) is 92.7 cm³/mol. The number of anilines is 2. The Labute approximate surface area is 138 Å². The molecule has 1 aromatic carbocycles. The van der Waals surface area contributed by atoms with Crippen molar-refractivity contribution in [2.45, 2.75) is 32.2 Å². The van der Waals surface area contributed by atoms with E-state index >= 15 is 0 Å². The molecular formula is C18H27N3O2. The van der Waals surface area contributed by atoms with E-state index in [2.05, 4.69) is 22.5 Å². The molecule has 0 saturated heterocycles. The Kier molecular flexibility index (Phi) is 4.76. The van der Waals surface area contributed by atoms with Gasteiger partial charge in [0, 0.05) is 32.2 Å². The highest BCUT2D eigenvalue weighted by molar-refractivity contribution is 5.93. The van der Waals surface area contributed by atoms with Crippen LogP contribution in [-0.4, -0.2) is 37.4 Å². The summed E-state index contributed by atoms with van der Waals surface area (Å²) in [6.45, 7) is 3.12. The van der Waals surface area contributed by atoms with Crippen LogP contribution in [0.4, 0.5) is 16.2 Å². The molecule has 5 nitrogen and oxygen atoms in total. The van der Waals surface area contributed by atoms with E-state index in [0.717, 1.165) is 24.3 Å². The molecule has 2 aliphatic carbocycles. The van der Waals surface area contributed by atoms with E-state index in [0.29, 0.717) is 11.8 Å². The van der Waals surface area contributed by atoms with Crippen LogP contribution in [0.5, 0.6) is 0 Å². The number of nitrogens with zero attached hydrogens (tertiary/aromatic N) is 1. The quantitative estimate of drug-likeness (QED) is 0.782. The van der Waals surface area contributed by atoms with Crippen molar-refractivity contribution in [1.29, 1.82) is 0 Å². The lowest BCUT2D eigenvalue weighted by Crippen LogP contribution is -2.47. The smallest absolute Gasteiger partial charge is 0.319 e. The minimum atomic E-state index is -0.169. The van der Waals surface area contributed by atoms with Crippen molar-refractivity contribution in [1.82, 2.24) is 5.32 Å². The molecule has 4 unspecified atom stereocenters. The van der Waals surface area contributed by atoms with Crippen molar-refractivity contribution in [2.75, 3.05) is 30.4 Å². The third-order valence-electron chi connectivity index (χ3n) is 5.63. The minimum absolute atomic E-state index is 0.106. The third kappa shape index (κ3) is 3.15. The number of carbonyl (C=O) groups is 1. The molecular weight excluding hydrogens is 290 g/mol. The predicted octanol–water partition coefficient (Wildman–Crippen LogP) is 2.67. The Balaban J connectivity index is 1.66. The molecule has 4 atom stereocenters. The van der Waals surface area contributed by atoms with Gasteiger partial charge in [0.1, 0.15) is 0 Å². The summed E-state index contributed by atoms with van der Waals surface area (Å²) in [4.78, 5) is 14.5. The van der Waals surface area contributed by atoms with E-state index in [9.17, 15) is 9.90 Å². The van der Waals surface area contributed by atoms with Crippen LogP contribution in [0.25, 0.3) is 0 Å². The zero-order chi connectivity index (χ0) is 16.4. The first-order valence-corrected chi connectivity index (χ1v) is 8.62. The molecule has 23 heavy (non-hydrogen) atoms. The Morgan fingerprint density at radius 2 is 2.04 bits per heavy atom. The molecule has 126 valence electrons. The highest BCUT2D eigenvalue weighted by atomic mass is 16.3. The number of urea groups is 1. The Hall–Kier alpha value is -1.75. The van der Waals surface area contributed by atoms with Crippen molar-refractivity contribution in [3.8, 4) is 0 Å². The lowest BCUT2D eigenvalue weighted by Gasteiger charge is -2.30. The topological polar surface area (TPSA) is 64.6 Å². The molecule has 0 spiro atoms. The fourth-order valence-corrected chi connectivity index (χ4v) is 4.29. The lowest BCUT2D eigenvalue weighted by molar-refractivity contribution is 0.146. The summed E-state index contributed by atoms with van der Waals surface area (Å²) in [5.74, 6) is 1.32. The average molecular weight is 317 g/mol. The molecule has 2 saturated carbocycles. The van der Waals surface area contributed by atoms with Crippen LogP contribution >= 0.6 is 0 Å². The average Bonchev–Trinajstić information content (AvgIpc) is 3.15. The molecule has 2 aliphatic rings. The second-order valence-electron chi connectivity index (χ2n) is 6.84. The van der Waals surface area contributed by atoms with Crippen molar-refractivity contribution in [2.24, 2.45) is 17.8 Å². The highest BCUT2D eigenvalue weighted by Crippen LogP contribution is 2.48. The van der Waals surface area contributed by atoms with Crippen LogP contribution in [0.15, 0.2) is 24.3 Å². The van der Waals surface area contributed by atoms with E-state index in [-0.39, 0.29) is 24.6 Å². The molecule has 0 aromatic heterocycles. The number of rotatable bonds is 5. The van der Waals surface area contributed by atoms with Gasteiger partial charge in [-0.1, -0.05) is 12.1 Å². The number of benzene rings is 1. The molecule has 0 heterocycles. The van der Waals surface area contributed by atoms with Gasteiger partial charge in [0.25, 0.3) is 0 Å². The molecule has 5 heteroatoms. The first kappa shape index (κ1) is 16.1. The SMILES string of the molecule is CCN(C)c1ccccc1NC(=O)NC1C2CCC(C2)C1CO. The summed E-state index contributed by atoms with van der Waals surface area (Å²) >= 11 is 0. The van der Waals surface area contributed by atoms with Gasteiger partial charge >= 0.3 is 6.03 Å². The van der Waals surface area contributed by atoms with Crippen LogP contribution < -0.4 is 15.5 Å². The number of hydrogen-bond donors (Lipinski definition) is 3. The van der Waals surface area contributed by atoms with Crippen LogP contribution in [0.2, 0.25) is 0 Å². The zero-order valence-corrected chi connectivity index (χ0v) is 14.0. The highest BCUT2D eigenvalue weighted by Gasteiger charge is 2.47. The molecule has 2 fully saturated rings. The van der Waals surface area contributed by atoms with Gasteiger partial charge in [0.2, 0.25) is 0 Å². The summed E-state index contributed by atoms with van der Waals surface area (Å²) < 4.78 is 0. The lowest BCUT2D eigenvalue weighted by atomic mass is 9.85. The largest absolute Gasteiger partial charge is 0.396 e. The van der Waals surface area contributed by atoms with E-state index < -0.39 is 0 Å². The Morgan fingerprint density at radius 1 is 1.30 bits per heavy atom. The summed E-state index contributed by atoms with van der Waals surface area (Å²) in [6.07, 6.45) is 3.51. The number of carbonyl (C=O) groups excluding carboxylic acids is 1. The van der Waals surface area contributed by atoms with Crippen molar-refractivity contribution < 1.29 is 9.90 Å². The van der Waals surface area contributed by atoms with Crippen LogP contribution in [0.1, 0.15) is 26.2 Å². The summed E-state index contributed by atoms with van der Waals surface area (Å²) in [6, 6.07) is 7.77. The van der Waals surface area contributed by atoms with Crippen molar-refractivity contribution in [3.05, 3.63) is 24.3 Å². The van der Waals surface area contributed by atoms with Crippen LogP contribution in [0, 0.1) is 17.8 Å². The molecule has 2 bridgehead atoms. The third-order valence-corrected chi connectivity index (χ3v) is 5.63. The first-order valence-electron chi connectivity index (χ1n) is 8.62. The number of nitrogens with one attached hydrogen (secondary N) is 2. The number of amides is 2. The van der Waals surface area contributed by atoms with Gasteiger partial charge in [-0.05, 0) is 50.2 Å². The van der Waals surface area contributed by atoms with Crippen LogP contribution in [0.3, 0.4) is 0 Å². The molecule has 3 N–H and O–H groups in total. The normalized spacial score (nSPS) is 28.7. The molecule has 3 rings (SSSR count). The second kappa shape index (κ2) is 6.79. The van der Waals surface area contributed by atoms with Gasteiger partial charge in [0.05, 0.1) is 11.4 Å². The van der Waals surface area contributed by atoms with Gasteiger partial charge in [-0.25, -0.2) is 4.79 Å². The first-order chi connectivity index (χ1) is 11.1. The molecule has 1 aromatic rings. The minimum Gasteiger partial charge on any atom is -0.396 e. The maximum atomic E-state index is 12.4. The Morgan fingerprint density at radius 3 is 2.78 bits per heavy atom.